The Hall–Kier alpha value is -2.74. The van der Waals surface area contributed by atoms with Crippen molar-refractivity contribution in [2.75, 3.05) is 20.3 Å². The van der Waals surface area contributed by atoms with Crippen LogP contribution in [0.2, 0.25) is 0 Å². The second-order valence-corrected chi connectivity index (χ2v) is 3.88. The third-order valence-electron chi connectivity index (χ3n) is 2.40. The highest BCUT2D eigenvalue weighted by Gasteiger charge is 2.19. The van der Waals surface area contributed by atoms with Gasteiger partial charge in [-0.05, 0) is 22.0 Å². The minimum absolute atomic E-state index is 0.0263. The Morgan fingerprint density at radius 1 is 1.29 bits per heavy atom. The van der Waals surface area contributed by atoms with Gasteiger partial charge < -0.3 is 24.3 Å². The summed E-state index contributed by atoms with van der Waals surface area (Å²) in [7, 11) is 1.51. The van der Waals surface area contributed by atoms with Crippen LogP contribution in [-0.4, -0.2) is 35.2 Å². The quantitative estimate of drug-likeness (QED) is 0.438. The zero-order chi connectivity index (χ0) is 15.1. The minimum Gasteiger partial charge on any atom is -0.483 e. The molecule has 0 radical (unpaired) electrons. The van der Waals surface area contributed by atoms with Crippen LogP contribution < -0.4 is 9.47 Å². The van der Waals surface area contributed by atoms with Gasteiger partial charge in [0.2, 0.25) is 5.75 Å². The van der Waals surface area contributed by atoms with Crippen molar-refractivity contribution in [3.63, 3.8) is 0 Å². The van der Waals surface area contributed by atoms with E-state index in [2.05, 4.69) is 9.97 Å². The van der Waals surface area contributed by atoms with E-state index in [-0.39, 0.29) is 18.2 Å². The van der Waals surface area contributed by atoms with Crippen molar-refractivity contribution in [3.8, 4) is 17.2 Å². The summed E-state index contributed by atoms with van der Waals surface area (Å²) < 4.78 is 15.6. The minimum atomic E-state index is -0.615. The highest BCUT2D eigenvalue weighted by atomic mass is 16.6. The molecule has 0 saturated heterocycles. The second-order valence-electron chi connectivity index (χ2n) is 3.88. The third kappa shape index (κ3) is 4.11. The van der Waals surface area contributed by atoms with E-state index in [1.54, 1.807) is 18.3 Å². The van der Waals surface area contributed by atoms with E-state index < -0.39 is 4.92 Å². The number of hydrogen-bond donors (Lipinski definition) is 0. The van der Waals surface area contributed by atoms with Gasteiger partial charge in [0.1, 0.15) is 12.4 Å². The van der Waals surface area contributed by atoms with Crippen LogP contribution in [-0.2, 0) is 4.74 Å². The van der Waals surface area contributed by atoms with E-state index in [0.29, 0.717) is 18.1 Å². The maximum Gasteiger partial charge on any atom is 0.406 e. The smallest absolute Gasteiger partial charge is 0.406 e. The summed E-state index contributed by atoms with van der Waals surface area (Å²) in [6, 6.07) is 4.83. The van der Waals surface area contributed by atoms with E-state index in [0.717, 1.165) is 0 Å². The van der Waals surface area contributed by atoms with Crippen molar-refractivity contribution in [2.24, 2.45) is 0 Å². The number of nitrogens with zero attached hydrogens (tertiary/aromatic N) is 3. The largest absolute Gasteiger partial charge is 0.483 e. The fraction of sp³-hybridized carbons (Fsp3) is 0.231. The molecular weight excluding hydrogens is 278 g/mol. The molecule has 21 heavy (non-hydrogen) atoms. The molecule has 0 fully saturated rings. The van der Waals surface area contributed by atoms with Crippen LogP contribution in [0.3, 0.4) is 0 Å². The summed E-state index contributed by atoms with van der Waals surface area (Å²) in [5, 5.41) is 10.9. The first-order valence-corrected chi connectivity index (χ1v) is 6.04. The Labute approximate surface area is 120 Å². The molecule has 0 aliphatic rings. The van der Waals surface area contributed by atoms with Gasteiger partial charge >= 0.3 is 5.82 Å². The highest BCUT2D eigenvalue weighted by Crippen LogP contribution is 2.30. The first-order chi connectivity index (χ1) is 10.2. The lowest BCUT2D eigenvalue weighted by Gasteiger charge is -2.08. The van der Waals surface area contributed by atoms with Gasteiger partial charge in [0, 0.05) is 19.4 Å². The van der Waals surface area contributed by atoms with Crippen LogP contribution >= 0.6 is 0 Å². The predicted molar refractivity (Wildman–Crippen MR) is 72.6 cm³/mol. The number of hydrogen-bond acceptors (Lipinski definition) is 7. The van der Waals surface area contributed by atoms with Crippen molar-refractivity contribution >= 4 is 5.82 Å². The lowest BCUT2D eigenvalue weighted by molar-refractivity contribution is -0.390. The van der Waals surface area contributed by atoms with E-state index >= 15 is 0 Å². The molecular formula is C13H13N3O5. The maximum absolute atomic E-state index is 10.9. The zero-order valence-corrected chi connectivity index (χ0v) is 11.3. The normalized spacial score (nSPS) is 10.1. The summed E-state index contributed by atoms with van der Waals surface area (Å²) in [5.41, 5.74) is 0. The third-order valence-corrected chi connectivity index (χ3v) is 2.40. The van der Waals surface area contributed by atoms with Gasteiger partial charge in [0.15, 0.2) is 11.9 Å². The molecule has 2 aromatic heterocycles. The first kappa shape index (κ1) is 14.7. The molecule has 0 aliphatic heterocycles. The molecule has 0 aromatic carbocycles. The molecule has 2 rings (SSSR count). The lowest BCUT2D eigenvalue weighted by Crippen LogP contribution is -2.07. The molecule has 8 nitrogen and oxygen atoms in total. The molecule has 0 atom stereocenters. The summed E-state index contributed by atoms with van der Waals surface area (Å²) in [5.74, 6) is 0.472. The Kier molecular flexibility index (Phi) is 4.99. The molecule has 0 spiro atoms. The van der Waals surface area contributed by atoms with Crippen LogP contribution in [0, 0.1) is 10.1 Å². The zero-order valence-electron chi connectivity index (χ0n) is 11.3. The SMILES string of the molecule is COCCOc1cc(Oc2cccnc2)cnc1[N+](=O)[O-]. The monoisotopic (exact) mass is 291 g/mol. The van der Waals surface area contributed by atoms with Crippen molar-refractivity contribution in [2.45, 2.75) is 0 Å². The van der Waals surface area contributed by atoms with E-state index in [9.17, 15) is 10.1 Å². The molecule has 2 heterocycles. The van der Waals surface area contributed by atoms with Crippen molar-refractivity contribution in [3.05, 3.63) is 46.9 Å². The van der Waals surface area contributed by atoms with E-state index in [1.165, 1.54) is 25.6 Å². The van der Waals surface area contributed by atoms with Crippen LogP contribution in [0.1, 0.15) is 0 Å². The molecule has 0 amide bonds. The van der Waals surface area contributed by atoms with Crippen molar-refractivity contribution in [1.82, 2.24) is 9.97 Å². The number of rotatable bonds is 7. The van der Waals surface area contributed by atoms with E-state index in [1.807, 2.05) is 0 Å². The Bertz CT molecular complexity index is 606. The Morgan fingerprint density at radius 2 is 2.14 bits per heavy atom. The van der Waals surface area contributed by atoms with E-state index in [4.69, 9.17) is 14.2 Å². The fourth-order valence-electron chi connectivity index (χ4n) is 1.50. The van der Waals surface area contributed by atoms with Crippen LogP contribution in [0.25, 0.3) is 0 Å². The average molecular weight is 291 g/mol. The predicted octanol–water partition coefficient (Wildman–Crippen LogP) is 2.20. The molecule has 0 N–H and O–H groups in total. The lowest BCUT2D eigenvalue weighted by atomic mass is 10.4. The van der Waals surface area contributed by atoms with Gasteiger partial charge in [-0.15, -0.1) is 0 Å². The summed E-state index contributed by atoms with van der Waals surface area (Å²) in [6.45, 7) is 0.486. The van der Waals surface area contributed by atoms with Crippen molar-refractivity contribution in [1.29, 1.82) is 0 Å². The molecule has 8 heteroatoms. The van der Waals surface area contributed by atoms with Gasteiger partial charge in [-0.3, -0.25) is 4.98 Å². The molecule has 0 aliphatic carbocycles. The fourth-order valence-corrected chi connectivity index (χ4v) is 1.50. The van der Waals surface area contributed by atoms with Crippen LogP contribution in [0.5, 0.6) is 17.2 Å². The first-order valence-electron chi connectivity index (χ1n) is 6.04. The highest BCUT2D eigenvalue weighted by molar-refractivity contribution is 5.44. The van der Waals surface area contributed by atoms with Gasteiger partial charge in [-0.1, -0.05) is 0 Å². The Morgan fingerprint density at radius 3 is 2.81 bits per heavy atom. The average Bonchev–Trinajstić information content (AvgIpc) is 2.48. The standard InChI is InChI=1S/C13H13N3O5/c1-19-5-6-20-12-7-11(9-15-13(12)16(17)18)21-10-3-2-4-14-8-10/h2-4,7-9H,5-6H2,1H3. The molecule has 110 valence electrons. The van der Waals surface area contributed by atoms with Gasteiger partial charge in [0.25, 0.3) is 0 Å². The molecule has 0 saturated carbocycles. The molecule has 0 unspecified atom stereocenters. The van der Waals surface area contributed by atoms with Gasteiger partial charge in [-0.25, -0.2) is 0 Å². The number of ether oxygens (including phenoxy) is 3. The topological polar surface area (TPSA) is 96.6 Å². The summed E-state index contributed by atoms with van der Waals surface area (Å²) in [4.78, 5) is 17.9. The second kappa shape index (κ2) is 7.15. The van der Waals surface area contributed by atoms with Crippen LogP contribution in [0.4, 0.5) is 5.82 Å². The van der Waals surface area contributed by atoms with Crippen molar-refractivity contribution < 1.29 is 19.1 Å². The summed E-state index contributed by atoms with van der Waals surface area (Å²) >= 11 is 0. The molecule has 2 aromatic rings. The molecule has 0 bridgehead atoms. The number of nitro groups is 1. The van der Waals surface area contributed by atoms with Gasteiger partial charge in [-0.2, -0.15) is 0 Å². The van der Waals surface area contributed by atoms with Gasteiger partial charge in [0.05, 0.1) is 12.8 Å². The van der Waals surface area contributed by atoms with Crippen LogP contribution in [0.15, 0.2) is 36.8 Å². The summed E-state index contributed by atoms with van der Waals surface area (Å²) in [6.07, 6.45) is 4.39. The Balaban J connectivity index is 2.19. The number of pyridine rings is 2. The maximum atomic E-state index is 10.9. The number of methoxy groups -OCH3 is 1. The number of aromatic nitrogens is 2.